The maximum atomic E-state index is 12.6. The Balaban J connectivity index is 1.61. The number of amides is 1. The van der Waals surface area contributed by atoms with Crippen LogP contribution >= 0.6 is 11.3 Å². The van der Waals surface area contributed by atoms with E-state index in [-0.39, 0.29) is 18.0 Å². The third kappa shape index (κ3) is 3.13. The van der Waals surface area contributed by atoms with Gasteiger partial charge in [-0.2, -0.15) is 0 Å². The second kappa shape index (κ2) is 6.41. The minimum absolute atomic E-state index is 0.0368. The van der Waals surface area contributed by atoms with Gasteiger partial charge in [0.2, 0.25) is 0 Å². The van der Waals surface area contributed by atoms with E-state index >= 15 is 0 Å². The lowest BCUT2D eigenvalue weighted by Gasteiger charge is -2.62. The molecule has 0 saturated heterocycles. The van der Waals surface area contributed by atoms with Gasteiger partial charge in [-0.15, -0.1) is 11.3 Å². The number of aromatic nitrogens is 1. The van der Waals surface area contributed by atoms with E-state index in [2.05, 4.69) is 44.9 Å². The molecule has 4 rings (SSSR count). The number of hydrogen-bond acceptors (Lipinski definition) is 4. The van der Waals surface area contributed by atoms with E-state index in [0.29, 0.717) is 22.9 Å². The number of carbonyl (C=O) groups is 1. The first-order chi connectivity index (χ1) is 11.2. The molecule has 4 nitrogen and oxygen atoms in total. The van der Waals surface area contributed by atoms with Crippen LogP contribution in [0.25, 0.3) is 0 Å². The van der Waals surface area contributed by atoms with Gasteiger partial charge in [0.05, 0.1) is 6.04 Å². The topological polar surface area (TPSA) is 68.0 Å². The van der Waals surface area contributed by atoms with Crippen LogP contribution in [-0.4, -0.2) is 16.9 Å². The van der Waals surface area contributed by atoms with E-state index in [0.717, 1.165) is 29.7 Å². The van der Waals surface area contributed by atoms with E-state index in [1.807, 2.05) is 5.38 Å². The standard InChI is InChI=1S/C19H31N3OS/c1-10(2)6-14(20)18-22-16(9-24-18)17(23)21-15-8-12-7-13(11(15)3)19(12,4)5/h9-15H,6-8,20H2,1-5H3,(H,21,23). The van der Waals surface area contributed by atoms with Crippen LogP contribution < -0.4 is 11.1 Å². The highest BCUT2D eigenvalue weighted by molar-refractivity contribution is 7.09. The molecule has 1 aromatic heterocycles. The second-order valence-corrected chi connectivity index (χ2v) is 9.73. The maximum absolute atomic E-state index is 12.6. The molecule has 5 heteroatoms. The SMILES string of the molecule is CC(C)CC(N)c1nc(C(=O)NC2CC3CC(C2C)C3(C)C)cs1. The molecule has 1 amide bonds. The number of hydrogen-bond donors (Lipinski definition) is 2. The summed E-state index contributed by atoms with van der Waals surface area (Å²) in [5.41, 5.74) is 7.16. The number of carbonyl (C=O) groups excluding carboxylic acids is 1. The third-order valence-corrected chi connectivity index (χ3v) is 7.44. The summed E-state index contributed by atoms with van der Waals surface area (Å²) in [5.74, 6) is 2.50. The molecule has 0 spiro atoms. The Morgan fingerprint density at radius 1 is 1.46 bits per heavy atom. The molecule has 5 unspecified atom stereocenters. The van der Waals surface area contributed by atoms with Crippen molar-refractivity contribution in [3.05, 3.63) is 16.1 Å². The zero-order chi connectivity index (χ0) is 17.6. The fourth-order valence-electron chi connectivity index (χ4n) is 4.75. The van der Waals surface area contributed by atoms with Gasteiger partial charge >= 0.3 is 0 Å². The Morgan fingerprint density at radius 3 is 2.75 bits per heavy atom. The van der Waals surface area contributed by atoms with Crippen LogP contribution in [0, 0.1) is 29.1 Å². The summed E-state index contributed by atoms with van der Waals surface area (Å²) in [6.07, 6.45) is 3.32. The highest BCUT2D eigenvalue weighted by atomic mass is 32.1. The highest BCUT2D eigenvalue weighted by Gasteiger charge is 2.56. The zero-order valence-corrected chi connectivity index (χ0v) is 16.3. The molecule has 3 aliphatic rings. The normalized spacial score (nSPS) is 32.3. The summed E-state index contributed by atoms with van der Waals surface area (Å²) in [6, 6.07) is 0.211. The van der Waals surface area contributed by atoms with E-state index in [9.17, 15) is 4.79 Å². The maximum Gasteiger partial charge on any atom is 0.270 e. The monoisotopic (exact) mass is 349 g/mol. The molecule has 3 saturated carbocycles. The molecule has 1 aromatic rings. The van der Waals surface area contributed by atoms with Crippen molar-refractivity contribution < 1.29 is 4.79 Å². The summed E-state index contributed by atoms with van der Waals surface area (Å²) in [7, 11) is 0. The van der Waals surface area contributed by atoms with Crippen molar-refractivity contribution in [2.24, 2.45) is 34.8 Å². The van der Waals surface area contributed by atoms with Crippen LogP contribution in [0.5, 0.6) is 0 Å². The van der Waals surface area contributed by atoms with Crippen LogP contribution in [0.4, 0.5) is 0 Å². The smallest absolute Gasteiger partial charge is 0.270 e. The molecule has 5 atom stereocenters. The van der Waals surface area contributed by atoms with Crippen LogP contribution in [0.3, 0.4) is 0 Å². The van der Waals surface area contributed by atoms with Crippen LogP contribution in [0.1, 0.15) is 75.4 Å². The molecule has 3 fully saturated rings. The fraction of sp³-hybridized carbons (Fsp3) is 0.789. The minimum atomic E-state index is -0.0707. The first kappa shape index (κ1) is 17.9. The Bertz CT molecular complexity index is 610. The van der Waals surface area contributed by atoms with Gasteiger partial charge in [-0.25, -0.2) is 4.98 Å². The molecule has 1 heterocycles. The van der Waals surface area contributed by atoms with Crippen molar-refractivity contribution in [3.8, 4) is 0 Å². The molecule has 3 N–H and O–H groups in total. The summed E-state index contributed by atoms with van der Waals surface area (Å²) >= 11 is 1.50. The Labute approximate surface area is 149 Å². The predicted molar refractivity (Wildman–Crippen MR) is 98.9 cm³/mol. The lowest BCUT2D eigenvalue weighted by Crippen LogP contribution is -2.60. The van der Waals surface area contributed by atoms with E-state index in [1.165, 1.54) is 17.8 Å². The lowest BCUT2D eigenvalue weighted by atomic mass is 9.45. The van der Waals surface area contributed by atoms with Gasteiger partial charge in [-0.05, 0) is 48.3 Å². The van der Waals surface area contributed by atoms with Gasteiger partial charge in [-0.3, -0.25) is 4.79 Å². The second-order valence-electron chi connectivity index (χ2n) is 8.84. The lowest BCUT2D eigenvalue weighted by molar-refractivity contribution is -0.113. The highest BCUT2D eigenvalue weighted by Crippen LogP contribution is 2.61. The van der Waals surface area contributed by atoms with Gasteiger partial charge in [0.1, 0.15) is 10.7 Å². The fourth-order valence-corrected chi connectivity index (χ4v) is 5.57. The molecule has 0 aliphatic heterocycles. The largest absolute Gasteiger partial charge is 0.348 e. The average molecular weight is 350 g/mol. The van der Waals surface area contributed by atoms with E-state index < -0.39 is 0 Å². The van der Waals surface area contributed by atoms with Crippen molar-refractivity contribution in [1.82, 2.24) is 10.3 Å². The molecule has 2 bridgehead atoms. The van der Waals surface area contributed by atoms with Crippen molar-refractivity contribution in [3.63, 3.8) is 0 Å². The number of nitrogens with zero attached hydrogens (tertiary/aromatic N) is 1. The Hall–Kier alpha value is -0.940. The number of thiazole rings is 1. The summed E-state index contributed by atoms with van der Waals surface area (Å²) in [4.78, 5) is 17.1. The Kier molecular flexibility index (Phi) is 4.77. The van der Waals surface area contributed by atoms with Gasteiger partial charge in [-0.1, -0.05) is 34.6 Å². The molecule has 24 heavy (non-hydrogen) atoms. The number of rotatable bonds is 5. The van der Waals surface area contributed by atoms with E-state index in [4.69, 9.17) is 5.73 Å². The van der Waals surface area contributed by atoms with Crippen molar-refractivity contribution >= 4 is 17.2 Å². The van der Waals surface area contributed by atoms with E-state index in [1.54, 1.807) is 0 Å². The number of nitrogens with one attached hydrogen (secondary N) is 1. The summed E-state index contributed by atoms with van der Waals surface area (Å²) in [5, 5.41) is 5.96. The average Bonchev–Trinajstić information content (AvgIpc) is 2.98. The predicted octanol–water partition coefficient (Wildman–Crippen LogP) is 3.99. The van der Waals surface area contributed by atoms with Crippen LogP contribution in [0.2, 0.25) is 0 Å². The first-order valence-corrected chi connectivity index (χ1v) is 10.1. The number of fused-ring (bicyclic) bond motifs is 2. The van der Waals surface area contributed by atoms with Crippen LogP contribution in [0.15, 0.2) is 5.38 Å². The van der Waals surface area contributed by atoms with Crippen molar-refractivity contribution in [2.45, 2.75) is 66.0 Å². The molecule has 134 valence electrons. The molecular weight excluding hydrogens is 318 g/mol. The van der Waals surface area contributed by atoms with Gasteiger partial charge in [0.25, 0.3) is 5.91 Å². The molecule has 0 aromatic carbocycles. The molecule has 0 radical (unpaired) electrons. The number of nitrogens with two attached hydrogens (primary N) is 1. The quantitative estimate of drug-likeness (QED) is 0.844. The van der Waals surface area contributed by atoms with Gasteiger partial charge in [0, 0.05) is 11.4 Å². The van der Waals surface area contributed by atoms with Crippen LogP contribution in [-0.2, 0) is 0 Å². The zero-order valence-electron chi connectivity index (χ0n) is 15.5. The summed E-state index contributed by atoms with van der Waals surface area (Å²) < 4.78 is 0. The third-order valence-electron chi connectivity index (χ3n) is 6.47. The summed E-state index contributed by atoms with van der Waals surface area (Å²) in [6.45, 7) is 11.3. The minimum Gasteiger partial charge on any atom is -0.348 e. The first-order valence-electron chi connectivity index (χ1n) is 9.22. The van der Waals surface area contributed by atoms with Crippen molar-refractivity contribution in [2.75, 3.05) is 0 Å². The molecule has 3 aliphatic carbocycles. The Morgan fingerprint density at radius 2 is 2.17 bits per heavy atom. The van der Waals surface area contributed by atoms with Gasteiger partial charge < -0.3 is 11.1 Å². The van der Waals surface area contributed by atoms with Gasteiger partial charge in [0.15, 0.2) is 0 Å². The van der Waals surface area contributed by atoms with Crippen molar-refractivity contribution in [1.29, 1.82) is 0 Å². The molecular formula is C19H31N3OS.